The van der Waals surface area contributed by atoms with Gasteiger partial charge in [-0.25, -0.2) is 12.7 Å². The first-order valence-electron chi connectivity index (χ1n) is 7.18. The minimum atomic E-state index is -3.66. The number of nitrogens with zero attached hydrogens (tertiary/aromatic N) is 2. The van der Waals surface area contributed by atoms with Crippen LogP contribution in [0.5, 0.6) is 0 Å². The number of benzene rings is 1. The smallest absolute Gasteiger partial charge is 0.268 e. The minimum Gasteiger partial charge on any atom is -0.545 e. The van der Waals surface area contributed by atoms with E-state index in [0.29, 0.717) is 4.88 Å². The molecule has 2 aromatic rings. The lowest BCUT2D eigenvalue weighted by Crippen LogP contribution is -2.30. The number of carbonyl (C=O) groups excluding carboxylic acids is 2. The van der Waals surface area contributed by atoms with Crippen LogP contribution in [0.2, 0.25) is 0 Å². The van der Waals surface area contributed by atoms with E-state index in [4.69, 9.17) is 0 Å². The molecule has 134 valence electrons. The summed E-state index contributed by atoms with van der Waals surface area (Å²) in [6.45, 7) is 1.62. The summed E-state index contributed by atoms with van der Waals surface area (Å²) in [6.07, 6.45) is 0. The Bertz CT molecular complexity index is 932. The van der Waals surface area contributed by atoms with Gasteiger partial charge in [0.05, 0.1) is 21.4 Å². The van der Waals surface area contributed by atoms with Crippen molar-refractivity contribution in [1.29, 1.82) is 0 Å². The largest absolute Gasteiger partial charge is 0.545 e. The lowest BCUT2D eigenvalue weighted by Gasteiger charge is -2.20. The number of aromatic carboxylic acids is 1. The SMILES string of the molecule is Cc1sc(C(=O)N(C)c2ccccc2C(=O)[O-])cc1S(=O)(=O)N(C)C. The molecule has 1 heterocycles. The number of thiophene rings is 1. The Kier molecular flexibility index (Phi) is 5.31. The van der Waals surface area contributed by atoms with Gasteiger partial charge >= 0.3 is 0 Å². The third-order valence-electron chi connectivity index (χ3n) is 3.63. The number of para-hydroxylation sites is 1. The van der Waals surface area contributed by atoms with Crippen molar-refractivity contribution in [3.63, 3.8) is 0 Å². The van der Waals surface area contributed by atoms with Gasteiger partial charge < -0.3 is 14.8 Å². The topological polar surface area (TPSA) is 97.8 Å². The van der Waals surface area contributed by atoms with Crippen LogP contribution in [-0.4, -0.2) is 45.7 Å². The van der Waals surface area contributed by atoms with Crippen molar-refractivity contribution in [2.45, 2.75) is 11.8 Å². The van der Waals surface area contributed by atoms with E-state index in [-0.39, 0.29) is 21.0 Å². The zero-order valence-corrected chi connectivity index (χ0v) is 15.8. The number of carbonyl (C=O) groups is 2. The Labute approximate surface area is 150 Å². The Balaban J connectivity index is 2.45. The van der Waals surface area contributed by atoms with Gasteiger partial charge in [-0.05, 0) is 19.1 Å². The molecule has 0 saturated carbocycles. The molecule has 1 aromatic carbocycles. The highest BCUT2D eigenvalue weighted by Crippen LogP contribution is 2.29. The van der Waals surface area contributed by atoms with Crippen LogP contribution in [0.3, 0.4) is 0 Å². The number of carboxylic acid groups (broad SMARTS) is 1. The molecule has 9 heteroatoms. The second kappa shape index (κ2) is 6.95. The van der Waals surface area contributed by atoms with Gasteiger partial charge in [-0.1, -0.05) is 18.2 Å². The standard InChI is InChI=1S/C16H18N2O5S2/c1-10-14(25(22,23)17(2)3)9-13(24-10)15(19)18(4)12-8-6-5-7-11(12)16(20)21/h5-9H,1-4H3,(H,20,21)/p-1. The van der Waals surface area contributed by atoms with Crippen molar-refractivity contribution < 1.29 is 23.1 Å². The fraction of sp³-hybridized carbons (Fsp3) is 0.250. The maximum absolute atomic E-state index is 12.7. The molecule has 0 aliphatic carbocycles. The lowest BCUT2D eigenvalue weighted by molar-refractivity contribution is -0.254. The van der Waals surface area contributed by atoms with Crippen molar-refractivity contribution in [2.75, 3.05) is 26.0 Å². The van der Waals surface area contributed by atoms with Gasteiger partial charge in [0.1, 0.15) is 0 Å². The summed E-state index contributed by atoms with van der Waals surface area (Å²) in [5.74, 6) is -1.89. The molecular formula is C16H17N2O5S2-. The quantitative estimate of drug-likeness (QED) is 0.768. The van der Waals surface area contributed by atoms with Crippen molar-refractivity contribution in [1.82, 2.24) is 4.31 Å². The van der Waals surface area contributed by atoms with Crippen LogP contribution in [0, 0.1) is 6.92 Å². The average Bonchev–Trinajstić information content (AvgIpc) is 2.95. The summed E-state index contributed by atoms with van der Waals surface area (Å²) in [6, 6.07) is 7.28. The number of aryl methyl sites for hydroxylation is 1. The van der Waals surface area contributed by atoms with Crippen LogP contribution in [0.4, 0.5) is 5.69 Å². The predicted octanol–water partition coefficient (Wildman–Crippen LogP) is 0.947. The third-order valence-corrected chi connectivity index (χ3v) is 6.74. The fourth-order valence-electron chi connectivity index (χ4n) is 2.24. The number of rotatable bonds is 5. The van der Waals surface area contributed by atoms with Crippen LogP contribution < -0.4 is 10.0 Å². The highest BCUT2D eigenvalue weighted by atomic mass is 32.2. The molecule has 2 rings (SSSR count). The summed E-state index contributed by atoms with van der Waals surface area (Å²) in [5, 5.41) is 11.2. The van der Waals surface area contributed by atoms with Gasteiger partial charge in [-0.15, -0.1) is 11.3 Å². The van der Waals surface area contributed by atoms with Gasteiger partial charge in [0.15, 0.2) is 0 Å². The highest BCUT2D eigenvalue weighted by molar-refractivity contribution is 7.89. The van der Waals surface area contributed by atoms with Gasteiger partial charge in [-0.3, -0.25) is 4.79 Å². The molecule has 7 nitrogen and oxygen atoms in total. The molecule has 0 unspecified atom stereocenters. The molecule has 0 radical (unpaired) electrons. The Morgan fingerprint density at radius 2 is 1.72 bits per heavy atom. The maximum atomic E-state index is 12.7. The Morgan fingerprint density at radius 1 is 1.12 bits per heavy atom. The molecule has 1 aromatic heterocycles. The second-order valence-corrected chi connectivity index (χ2v) is 8.86. The van der Waals surface area contributed by atoms with Crippen molar-refractivity contribution >= 4 is 38.9 Å². The fourth-order valence-corrected chi connectivity index (χ4v) is 4.67. The molecule has 0 fully saturated rings. The first-order chi connectivity index (χ1) is 11.6. The lowest BCUT2D eigenvalue weighted by atomic mass is 10.1. The Morgan fingerprint density at radius 3 is 2.28 bits per heavy atom. The summed E-state index contributed by atoms with van der Waals surface area (Å²) in [5.41, 5.74) is 0.0586. The predicted molar refractivity (Wildman–Crippen MR) is 93.4 cm³/mol. The molecule has 25 heavy (non-hydrogen) atoms. The second-order valence-electron chi connectivity index (χ2n) is 5.49. The monoisotopic (exact) mass is 381 g/mol. The highest BCUT2D eigenvalue weighted by Gasteiger charge is 2.26. The summed E-state index contributed by atoms with van der Waals surface area (Å²) < 4.78 is 25.7. The number of carboxylic acids is 1. The maximum Gasteiger partial charge on any atom is 0.268 e. The van der Waals surface area contributed by atoms with Crippen molar-refractivity contribution in [3.05, 3.63) is 45.6 Å². The number of amides is 1. The van der Waals surface area contributed by atoms with E-state index in [0.717, 1.165) is 15.6 Å². The van der Waals surface area contributed by atoms with Crippen LogP contribution >= 0.6 is 11.3 Å². The normalized spacial score (nSPS) is 11.6. The van der Waals surface area contributed by atoms with Gasteiger partial charge in [0.25, 0.3) is 5.91 Å². The van der Waals surface area contributed by atoms with Crippen LogP contribution in [0.25, 0.3) is 0 Å². The molecule has 0 aliphatic rings. The zero-order valence-electron chi connectivity index (χ0n) is 14.1. The van der Waals surface area contributed by atoms with Crippen LogP contribution in [0.1, 0.15) is 24.9 Å². The molecule has 0 N–H and O–H groups in total. The van der Waals surface area contributed by atoms with E-state index < -0.39 is 21.9 Å². The van der Waals surface area contributed by atoms with Crippen LogP contribution in [-0.2, 0) is 10.0 Å². The number of hydrogen-bond acceptors (Lipinski definition) is 6. The van der Waals surface area contributed by atoms with E-state index in [1.807, 2.05) is 0 Å². The molecule has 0 saturated heterocycles. The number of sulfonamides is 1. The average molecular weight is 381 g/mol. The third kappa shape index (κ3) is 3.58. The molecule has 0 atom stereocenters. The zero-order chi connectivity index (χ0) is 18.9. The number of hydrogen-bond donors (Lipinski definition) is 0. The van der Waals surface area contributed by atoms with Gasteiger partial charge in [0.2, 0.25) is 10.0 Å². The molecule has 0 bridgehead atoms. The molecular weight excluding hydrogens is 364 g/mol. The summed E-state index contributed by atoms with van der Waals surface area (Å²) in [4.78, 5) is 25.8. The van der Waals surface area contributed by atoms with Gasteiger partial charge in [-0.2, -0.15) is 0 Å². The van der Waals surface area contributed by atoms with Crippen molar-refractivity contribution in [2.24, 2.45) is 0 Å². The van der Waals surface area contributed by atoms with E-state index >= 15 is 0 Å². The van der Waals surface area contributed by atoms with Crippen LogP contribution in [0.15, 0.2) is 35.2 Å². The van der Waals surface area contributed by atoms with E-state index in [1.54, 1.807) is 13.0 Å². The molecule has 1 amide bonds. The van der Waals surface area contributed by atoms with E-state index in [1.165, 1.54) is 50.3 Å². The van der Waals surface area contributed by atoms with Crippen molar-refractivity contribution in [3.8, 4) is 0 Å². The summed E-state index contributed by atoms with van der Waals surface area (Å²) >= 11 is 1.04. The Hall–Kier alpha value is -2.23. The van der Waals surface area contributed by atoms with Gasteiger partial charge in [0, 0.05) is 31.6 Å². The number of anilines is 1. The van der Waals surface area contributed by atoms with E-state index in [2.05, 4.69) is 0 Å². The molecule has 0 aliphatic heterocycles. The summed E-state index contributed by atoms with van der Waals surface area (Å²) in [7, 11) is 0.592. The first-order valence-corrected chi connectivity index (χ1v) is 9.44. The molecule has 0 spiro atoms. The van der Waals surface area contributed by atoms with E-state index in [9.17, 15) is 23.1 Å². The minimum absolute atomic E-state index is 0.0624. The first kappa shape index (κ1) is 19.1.